The third-order valence-electron chi connectivity index (χ3n) is 4.64. The van der Waals surface area contributed by atoms with Crippen LogP contribution in [0.25, 0.3) is 0 Å². The average molecular weight is 299 g/mol. The van der Waals surface area contributed by atoms with Crippen LogP contribution in [0.1, 0.15) is 51.7 Å². The van der Waals surface area contributed by atoms with E-state index in [1.807, 2.05) is 11.3 Å². The zero-order valence-corrected chi connectivity index (χ0v) is 13.9. The molecule has 0 aliphatic heterocycles. The first kappa shape index (κ1) is 14.8. The number of thiophene rings is 1. The lowest BCUT2D eigenvalue weighted by atomic mass is 9.99. The molecule has 0 bridgehead atoms. The Bertz CT molecular complexity index is 576. The molecule has 1 unspecified atom stereocenters. The molecule has 3 rings (SSSR count). The van der Waals surface area contributed by atoms with Crippen molar-refractivity contribution in [3.63, 3.8) is 0 Å². The monoisotopic (exact) mass is 299 g/mol. The van der Waals surface area contributed by atoms with Crippen molar-refractivity contribution < 1.29 is 0 Å². The first-order valence-corrected chi connectivity index (χ1v) is 8.93. The lowest BCUT2D eigenvalue weighted by Gasteiger charge is -2.16. The molecule has 0 amide bonds. The summed E-state index contributed by atoms with van der Waals surface area (Å²) in [6.07, 6.45) is 7.80. The molecule has 0 saturated heterocycles. The van der Waals surface area contributed by atoms with Gasteiger partial charge in [-0.15, -0.1) is 11.3 Å². The minimum atomic E-state index is 0.447. The van der Waals surface area contributed by atoms with Crippen LogP contribution < -0.4 is 5.32 Å². The van der Waals surface area contributed by atoms with Gasteiger partial charge >= 0.3 is 0 Å². The number of benzene rings is 1. The van der Waals surface area contributed by atoms with Crippen LogP contribution in [0, 0.1) is 6.92 Å². The predicted molar refractivity (Wildman–Crippen MR) is 92.3 cm³/mol. The van der Waals surface area contributed by atoms with Crippen molar-refractivity contribution >= 4 is 11.3 Å². The quantitative estimate of drug-likeness (QED) is 0.797. The van der Waals surface area contributed by atoms with Gasteiger partial charge in [0.2, 0.25) is 0 Å². The molecule has 1 aliphatic carbocycles. The molecule has 112 valence electrons. The maximum absolute atomic E-state index is 3.53. The van der Waals surface area contributed by atoms with E-state index in [1.165, 1.54) is 48.1 Å². The second kappa shape index (κ2) is 6.76. The van der Waals surface area contributed by atoms with E-state index in [9.17, 15) is 0 Å². The lowest BCUT2D eigenvalue weighted by Crippen LogP contribution is -2.18. The van der Waals surface area contributed by atoms with Crippen molar-refractivity contribution in [2.45, 2.75) is 51.5 Å². The second-order valence-corrected chi connectivity index (χ2v) is 7.30. The number of aryl methyl sites for hydroxylation is 3. The van der Waals surface area contributed by atoms with Crippen LogP contribution in [0.3, 0.4) is 0 Å². The van der Waals surface area contributed by atoms with Gasteiger partial charge in [-0.3, -0.25) is 0 Å². The van der Waals surface area contributed by atoms with Crippen LogP contribution in [0.2, 0.25) is 0 Å². The zero-order chi connectivity index (χ0) is 14.7. The normalized spacial score (nSPS) is 16.3. The van der Waals surface area contributed by atoms with Crippen molar-refractivity contribution in [1.82, 2.24) is 5.32 Å². The van der Waals surface area contributed by atoms with Crippen LogP contribution in [0.15, 0.2) is 30.3 Å². The summed E-state index contributed by atoms with van der Waals surface area (Å²) in [7, 11) is 2.09. The average Bonchev–Trinajstić information content (AvgIpc) is 2.77. The molecule has 1 aliphatic rings. The number of hydrogen-bond donors (Lipinski definition) is 1. The highest BCUT2D eigenvalue weighted by atomic mass is 32.1. The maximum atomic E-state index is 3.53. The molecule has 1 N–H and O–H groups in total. The molecule has 1 heterocycles. The van der Waals surface area contributed by atoms with Crippen molar-refractivity contribution in [2.24, 2.45) is 0 Å². The third-order valence-corrected chi connectivity index (χ3v) is 5.99. The summed E-state index contributed by atoms with van der Waals surface area (Å²) in [6.45, 7) is 2.21. The van der Waals surface area contributed by atoms with E-state index in [2.05, 4.69) is 49.6 Å². The summed E-state index contributed by atoms with van der Waals surface area (Å²) in [5, 5.41) is 3.53. The second-order valence-electron chi connectivity index (χ2n) is 6.13. The lowest BCUT2D eigenvalue weighted by molar-refractivity contribution is 0.600. The largest absolute Gasteiger partial charge is 0.312 e. The van der Waals surface area contributed by atoms with Crippen molar-refractivity contribution in [1.29, 1.82) is 0 Å². The van der Waals surface area contributed by atoms with Gasteiger partial charge in [0.05, 0.1) is 0 Å². The van der Waals surface area contributed by atoms with Crippen molar-refractivity contribution in [3.8, 4) is 0 Å². The number of fused-ring (bicyclic) bond motifs is 1. The number of nitrogens with one attached hydrogen (secondary N) is 1. The Morgan fingerprint density at radius 2 is 1.95 bits per heavy atom. The third kappa shape index (κ3) is 3.38. The Morgan fingerprint density at radius 3 is 2.76 bits per heavy atom. The van der Waals surface area contributed by atoms with E-state index in [0.717, 1.165) is 6.42 Å². The van der Waals surface area contributed by atoms with Crippen LogP contribution >= 0.6 is 11.3 Å². The van der Waals surface area contributed by atoms with Crippen LogP contribution in [0.4, 0.5) is 0 Å². The molecular formula is C19H25NS. The van der Waals surface area contributed by atoms with E-state index in [0.29, 0.717) is 6.04 Å². The minimum absolute atomic E-state index is 0.447. The fourth-order valence-corrected chi connectivity index (χ4v) is 4.63. The van der Waals surface area contributed by atoms with Crippen molar-refractivity contribution in [3.05, 3.63) is 56.8 Å². The van der Waals surface area contributed by atoms with Crippen LogP contribution in [-0.2, 0) is 19.3 Å². The van der Waals surface area contributed by atoms with Crippen LogP contribution in [0.5, 0.6) is 0 Å². The molecule has 1 nitrogen and oxygen atoms in total. The molecule has 1 atom stereocenters. The molecule has 0 saturated carbocycles. The summed E-state index contributed by atoms with van der Waals surface area (Å²) in [6, 6.07) is 11.7. The summed E-state index contributed by atoms with van der Waals surface area (Å²) >= 11 is 2.04. The zero-order valence-electron chi connectivity index (χ0n) is 13.1. The molecule has 0 spiro atoms. The first-order chi connectivity index (χ1) is 10.3. The molecule has 1 aromatic carbocycles. The molecule has 2 aromatic rings. The summed E-state index contributed by atoms with van der Waals surface area (Å²) < 4.78 is 0. The number of rotatable bonds is 4. The summed E-state index contributed by atoms with van der Waals surface area (Å²) in [5.74, 6) is 0. The number of likely N-dealkylation sites (N-methyl/N-ethyl adjacent to an activating group) is 1. The molecule has 2 heteroatoms. The van der Waals surface area contributed by atoms with E-state index in [1.54, 1.807) is 10.4 Å². The van der Waals surface area contributed by atoms with Gasteiger partial charge in [-0.05, 0) is 68.8 Å². The minimum Gasteiger partial charge on any atom is -0.312 e. The van der Waals surface area contributed by atoms with E-state index in [4.69, 9.17) is 0 Å². The van der Waals surface area contributed by atoms with E-state index in [-0.39, 0.29) is 0 Å². The Morgan fingerprint density at radius 1 is 1.14 bits per heavy atom. The Balaban J connectivity index is 1.82. The topological polar surface area (TPSA) is 12.0 Å². The smallest absolute Gasteiger partial charge is 0.0453 e. The first-order valence-electron chi connectivity index (χ1n) is 8.11. The summed E-state index contributed by atoms with van der Waals surface area (Å²) in [5.41, 5.74) is 4.48. The highest BCUT2D eigenvalue weighted by molar-refractivity contribution is 7.12. The summed E-state index contributed by atoms with van der Waals surface area (Å²) in [4.78, 5) is 3.17. The SMILES string of the molecule is CNC(Cc1ccccc1C)c1cc2c(s1)CCCCC2. The van der Waals surface area contributed by atoms with Gasteiger partial charge in [-0.25, -0.2) is 0 Å². The van der Waals surface area contributed by atoms with Gasteiger partial charge in [0.15, 0.2) is 0 Å². The van der Waals surface area contributed by atoms with E-state index >= 15 is 0 Å². The number of hydrogen-bond acceptors (Lipinski definition) is 2. The Labute approximate surface area is 132 Å². The fourth-order valence-electron chi connectivity index (χ4n) is 3.27. The van der Waals surface area contributed by atoms with Crippen molar-refractivity contribution in [2.75, 3.05) is 7.05 Å². The Hall–Kier alpha value is -1.12. The fraction of sp³-hybridized carbons (Fsp3) is 0.474. The predicted octanol–water partition coefficient (Wildman–Crippen LogP) is 4.83. The molecule has 1 aromatic heterocycles. The van der Waals surface area contributed by atoms with Gasteiger partial charge in [0.25, 0.3) is 0 Å². The molecular weight excluding hydrogens is 274 g/mol. The Kier molecular flexibility index (Phi) is 4.77. The maximum Gasteiger partial charge on any atom is 0.0453 e. The molecule has 21 heavy (non-hydrogen) atoms. The standard InChI is InChI=1S/C19H25NS/c1-14-8-6-7-9-15(14)12-17(20-2)19-13-16-10-4-3-5-11-18(16)21-19/h6-9,13,17,20H,3-5,10-12H2,1-2H3. The van der Waals surface area contributed by atoms with Gasteiger partial charge in [-0.2, -0.15) is 0 Å². The highest BCUT2D eigenvalue weighted by Crippen LogP contribution is 2.33. The van der Waals surface area contributed by atoms with Gasteiger partial charge in [-0.1, -0.05) is 30.7 Å². The van der Waals surface area contributed by atoms with Gasteiger partial charge < -0.3 is 5.32 Å². The van der Waals surface area contributed by atoms with E-state index < -0.39 is 0 Å². The van der Waals surface area contributed by atoms with Crippen LogP contribution in [-0.4, -0.2) is 7.05 Å². The molecule has 0 fully saturated rings. The van der Waals surface area contributed by atoms with Gasteiger partial charge in [0.1, 0.15) is 0 Å². The van der Waals surface area contributed by atoms with Gasteiger partial charge in [0, 0.05) is 15.8 Å². The highest BCUT2D eigenvalue weighted by Gasteiger charge is 2.18. The molecule has 0 radical (unpaired) electrons.